The molecule has 0 spiro atoms. The number of pyridine rings is 1. The molecule has 0 fully saturated rings. The number of aryl methyl sites for hydroxylation is 2. The predicted octanol–water partition coefficient (Wildman–Crippen LogP) is 3.40. The molecule has 0 aromatic carbocycles. The fourth-order valence-electron chi connectivity index (χ4n) is 1.95. The Hall–Kier alpha value is -0.940. The highest BCUT2D eigenvalue weighted by molar-refractivity contribution is 7.85. The Bertz CT molecular complexity index is 447. The van der Waals surface area contributed by atoms with Crippen molar-refractivity contribution < 1.29 is 17.5 Å². The van der Waals surface area contributed by atoms with E-state index >= 15 is 0 Å². The molecular weight excluding hydrogens is 286 g/mol. The molecule has 0 aliphatic carbocycles. The van der Waals surface area contributed by atoms with Gasteiger partial charge in [-0.05, 0) is 18.4 Å². The first kappa shape index (κ1) is 20.1. The van der Waals surface area contributed by atoms with E-state index < -0.39 is 10.1 Å². The van der Waals surface area contributed by atoms with Gasteiger partial charge < -0.3 is 0 Å². The summed E-state index contributed by atoms with van der Waals surface area (Å²) in [4.78, 5) is 0. The first-order chi connectivity index (χ1) is 9.86. The predicted molar refractivity (Wildman–Crippen MR) is 86.9 cm³/mol. The second kappa shape index (κ2) is 11.7. The van der Waals surface area contributed by atoms with Crippen LogP contribution in [0.4, 0.5) is 0 Å². The molecule has 0 saturated heterocycles. The number of hydrogen-bond acceptors (Lipinski definition) is 2. The minimum absolute atomic E-state index is 0.715. The first-order valence-corrected chi connectivity index (χ1v) is 9.62. The van der Waals surface area contributed by atoms with Gasteiger partial charge in [-0.3, -0.25) is 4.55 Å². The van der Waals surface area contributed by atoms with Crippen molar-refractivity contribution in [3.63, 3.8) is 0 Å². The highest BCUT2D eigenvalue weighted by Gasteiger charge is 1.99. The number of nitrogens with zero attached hydrogens (tertiary/aromatic N) is 1. The molecule has 1 N–H and O–H groups in total. The Morgan fingerprint density at radius 2 is 1.48 bits per heavy atom. The van der Waals surface area contributed by atoms with Crippen molar-refractivity contribution in [2.45, 2.75) is 65.3 Å². The van der Waals surface area contributed by atoms with Crippen molar-refractivity contribution >= 4 is 10.1 Å². The molecule has 5 heteroatoms. The van der Waals surface area contributed by atoms with Crippen LogP contribution >= 0.6 is 0 Å². The van der Waals surface area contributed by atoms with E-state index in [0.717, 1.165) is 6.42 Å². The lowest BCUT2D eigenvalue weighted by molar-refractivity contribution is -0.697. The molecule has 1 heterocycles. The molecular formula is C16H30NO3S+. The van der Waals surface area contributed by atoms with Gasteiger partial charge in [0, 0.05) is 18.6 Å². The molecule has 0 bridgehead atoms. The maximum atomic E-state index is 9.19. The standard InChI is InChI=1S/C15H26N.CH4O3S/c1-3-5-6-7-8-9-12-16-13-10-15(4-2)11-14-16;1-5(2,3)4/h10-11,13-14H,3-9,12H2,1-2H3;1H3,(H,2,3,4)/q+1;. The maximum absolute atomic E-state index is 9.19. The molecule has 1 aromatic heterocycles. The highest BCUT2D eigenvalue weighted by atomic mass is 32.2. The topological polar surface area (TPSA) is 58.2 Å². The maximum Gasteiger partial charge on any atom is 0.261 e. The summed E-state index contributed by atoms with van der Waals surface area (Å²) in [6, 6.07) is 4.47. The van der Waals surface area contributed by atoms with Crippen molar-refractivity contribution in [1.29, 1.82) is 0 Å². The van der Waals surface area contributed by atoms with Crippen LogP contribution in [-0.2, 0) is 23.1 Å². The Morgan fingerprint density at radius 3 is 1.95 bits per heavy atom. The Morgan fingerprint density at radius 1 is 1.00 bits per heavy atom. The smallest absolute Gasteiger partial charge is 0.261 e. The van der Waals surface area contributed by atoms with Crippen molar-refractivity contribution in [3.05, 3.63) is 30.1 Å². The summed E-state index contributed by atoms with van der Waals surface area (Å²) in [6.45, 7) is 5.65. The van der Waals surface area contributed by atoms with Gasteiger partial charge in [0.25, 0.3) is 10.1 Å². The lowest BCUT2D eigenvalue weighted by Crippen LogP contribution is -2.32. The highest BCUT2D eigenvalue weighted by Crippen LogP contribution is 2.04. The monoisotopic (exact) mass is 316 g/mol. The SMILES string of the molecule is CCCCCCCC[n+]1ccc(CC)cc1.CS(=O)(=O)O. The molecule has 0 unspecified atom stereocenters. The van der Waals surface area contributed by atoms with Crippen LogP contribution in [0.1, 0.15) is 57.9 Å². The van der Waals surface area contributed by atoms with Crippen molar-refractivity contribution in [2.75, 3.05) is 6.26 Å². The molecule has 0 radical (unpaired) electrons. The van der Waals surface area contributed by atoms with E-state index in [0.29, 0.717) is 6.26 Å². The summed E-state index contributed by atoms with van der Waals surface area (Å²) in [7, 11) is -3.67. The second-order valence-electron chi connectivity index (χ2n) is 5.30. The van der Waals surface area contributed by atoms with E-state index in [1.165, 1.54) is 50.6 Å². The van der Waals surface area contributed by atoms with Crippen LogP contribution in [-0.4, -0.2) is 19.2 Å². The Kier molecular flexibility index (Phi) is 11.2. The normalized spacial score (nSPS) is 10.9. The summed E-state index contributed by atoms with van der Waals surface area (Å²) < 4.78 is 28.2. The quantitative estimate of drug-likeness (QED) is 0.454. The average Bonchev–Trinajstić information content (AvgIpc) is 2.41. The minimum Gasteiger partial charge on any atom is -0.286 e. The van der Waals surface area contributed by atoms with Crippen LogP contribution in [0.5, 0.6) is 0 Å². The summed E-state index contributed by atoms with van der Waals surface area (Å²) in [5, 5.41) is 0. The molecule has 0 aliphatic rings. The summed E-state index contributed by atoms with van der Waals surface area (Å²) >= 11 is 0. The van der Waals surface area contributed by atoms with Gasteiger partial charge in [-0.2, -0.15) is 8.42 Å². The van der Waals surface area contributed by atoms with Crippen LogP contribution in [0.15, 0.2) is 24.5 Å². The number of unbranched alkanes of at least 4 members (excludes halogenated alkanes) is 5. The number of hydrogen-bond donors (Lipinski definition) is 1. The van der Waals surface area contributed by atoms with Crippen LogP contribution in [0.2, 0.25) is 0 Å². The van der Waals surface area contributed by atoms with E-state index in [4.69, 9.17) is 4.55 Å². The molecule has 0 amide bonds. The van der Waals surface area contributed by atoms with Gasteiger partial charge in [0.1, 0.15) is 6.54 Å². The molecule has 1 aromatic rings. The minimum atomic E-state index is -3.67. The third-order valence-electron chi connectivity index (χ3n) is 3.14. The average molecular weight is 316 g/mol. The molecule has 0 saturated carbocycles. The Balaban J connectivity index is 0.000000690. The third kappa shape index (κ3) is 15.3. The number of aromatic nitrogens is 1. The van der Waals surface area contributed by atoms with Crippen LogP contribution in [0.3, 0.4) is 0 Å². The van der Waals surface area contributed by atoms with Crippen LogP contribution < -0.4 is 4.57 Å². The van der Waals surface area contributed by atoms with E-state index in [1.54, 1.807) is 0 Å². The zero-order valence-corrected chi connectivity index (χ0v) is 14.4. The summed E-state index contributed by atoms with van der Waals surface area (Å²) in [6.07, 6.45) is 14.5. The summed E-state index contributed by atoms with van der Waals surface area (Å²) in [5.41, 5.74) is 1.43. The zero-order chi connectivity index (χ0) is 16.1. The molecule has 4 nitrogen and oxygen atoms in total. The van der Waals surface area contributed by atoms with Gasteiger partial charge >= 0.3 is 0 Å². The summed E-state index contributed by atoms with van der Waals surface area (Å²) in [5.74, 6) is 0. The first-order valence-electron chi connectivity index (χ1n) is 7.77. The molecule has 21 heavy (non-hydrogen) atoms. The van der Waals surface area contributed by atoms with E-state index in [-0.39, 0.29) is 0 Å². The number of rotatable bonds is 8. The molecule has 1 rings (SSSR count). The molecule has 0 aliphatic heterocycles. The van der Waals surface area contributed by atoms with Gasteiger partial charge in [-0.25, -0.2) is 4.57 Å². The molecule has 122 valence electrons. The van der Waals surface area contributed by atoms with Crippen molar-refractivity contribution in [1.82, 2.24) is 0 Å². The van der Waals surface area contributed by atoms with E-state index in [1.807, 2.05) is 0 Å². The zero-order valence-electron chi connectivity index (χ0n) is 13.6. The third-order valence-corrected chi connectivity index (χ3v) is 3.14. The lowest BCUT2D eigenvalue weighted by atomic mass is 10.1. The van der Waals surface area contributed by atoms with Crippen molar-refractivity contribution in [2.24, 2.45) is 0 Å². The van der Waals surface area contributed by atoms with Gasteiger partial charge in [-0.1, -0.05) is 39.5 Å². The van der Waals surface area contributed by atoms with Gasteiger partial charge in [-0.15, -0.1) is 0 Å². The van der Waals surface area contributed by atoms with Crippen LogP contribution in [0.25, 0.3) is 0 Å². The van der Waals surface area contributed by atoms with E-state index in [9.17, 15) is 8.42 Å². The van der Waals surface area contributed by atoms with Gasteiger partial charge in [0.15, 0.2) is 12.4 Å². The lowest BCUT2D eigenvalue weighted by Gasteiger charge is -1.99. The van der Waals surface area contributed by atoms with Crippen molar-refractivity contribution in [3.8, 4) is 0 Å². The Labute approximate surface area is 130 Å². The van der Waals surface area contributed by atoms with E-state index in [2.05, 4.69) is 42.9 Å². The fourth-order valence-corrected chi connectivity index (χ4v) is 1.95. The largest absolute Gasteiger partial charge is 0.286 e. The molecule has 0 atom stereocenters. The fraction of sp³-hybridized carbons (Fsp3) is 0.688. The van der Waals surface area contributed by atoms with Crippen LogP contribution in [0, 0.1) is 0 Å². The van der Waals surface area contributed by atoms with Gasteiger partial charge in [0.2, 0.25) is 0 Å². The van der Waals surface area contributed by atoms with Gasteiger partial charge in [0.05, 0.1) is 6.26 Å². The second-order valence-corrected chi connectivity index (χ2v) is 6.76.